The summed E-state index contributed by atoms with van der Waals surface area (Å²) in [4.78, 5) is 13.3. The molecule has 68 valence electrons. The van der Waals surface area contributed by atoms with Crippen molar-refractivity contribution in [1.29, 1.82) is 0 Å². The summed E-state index contributed by atoms with van der Waals surface area (Å²) in [5, 5.41) is 14.1. The summed E-state index contributed by atoms with van der Waals surface area (Å²) in [7, 11) is 0. The van der Waals surface area contributed by atoms with E-state index in [-0.39, 0.29) is 0 Å². The highest BCUT2D eigenvalue weighted by Crippen LogP contribution is 1.82. The molecule has 0 saturated heterocycles. The van der Waals surface area contributed by atoms with Gasteiger partial charge in [0.2, 0.25) is 0 Å². The van der Waals surface area contributed by atoms with E-state index in [2.05, 4.69) is 15.2 Å². The van der Waals surface area contributed by atoms with Gasteiger partial charge >= 0.3 is 5.97 Å². The van der Waals surface area contributed by atoms with Crippen LogP contribution in [-0.4, -0.2) is 26.3 Å². The molecule has 0 radical (unpaired) electrons. The van der Waals surface area contributed by atoms with Crippen molar-refractivity contribution in [3.63, 3.8) is 0 Å². The molecule has 12 heavy (non-hydrogen) atoms. The largest absolute Gasteiger partial charge is 0.481 e. The Morgan fingerprint density at radius 1 is 1.75 bits per heavy atom. The van der Waals surface area contributed by atoms with Gasteiger partial charge in [-0.25, -0.2) is 4.98 Å². The number of hydrogen-bond acceptors (Lipinski definition) is 3. The van der Waals surface area contributed by atoms with Gasteiger partial charge in [0.25, 0.3) is 0 Å². The molecule has 1 heterocycles. The second-order valence-corrected chi connectivity index (χ2v) is 2.21. The van der Waals surface area contributed by atoms with Crippen LogP contribution in [0.4, 0.5) is 0 Å². The summed E-state index contributed by atoms with van der Waals surface area (Å²) in [6, 6.07) is 0. The summed E-state index contributed by atoms with van der Waals surface area (Å²) in [6.07, 6.45) is 2.50. The first kappa shape index (κ1) is 10.6. The lowest BCUT2D eigenvalue weighted by atomic mass is 10.4. The van der Waals surface area contributed by atoms with Crippen LogP contribution in [0.15, 0.2) is 6.33 Å². The molecule has 0 aliphatic carbocycles. The van der Waals surface area contributed by atoms with Crippen molar-refractivity contribution in [1.82, 2.24) is 15.2 Å². The minimum Gasteiger partial charge on any atom is -0.481 e. The SMILES string of the molecule is CCCC(=O)O.Cc1ncn[nH]1. The highest BCUT2D eigenvalue weighted by Gasteiger charge is 1.87. The number of aryl methyl sites for hydroxylation is 1. The molecule has 0 aliphatic heterocycles. The molecule has 0 saturated carbocycles. The van der Waals surface area contributed by atoms with Gasteiger partial charge in [-0.1, -0.05) is 6.92 Å². The zero-order valence-electron chi connectivity index (χ0n) is 7.24. The van der Waals surface area contributed by atoms with Crippen LogP contribution in [0.5, 0.6) is 0 Å². The smallest absolute Gasteiger partial charge is 0.303 e. The molecule has 0 bridgehead atoms. The molecular formula is C7H13N3O2. The number of carboxylic acid groups (broad SMARTS) is 1. The third-order valence-electron chi connectivity index (χ3n) is 0.999. The number of H-pyrrole nitrogens is 1. The Balaban J connectivity index is 0.000000202. The molecule has 0 amide bonds. The molecule has 0 aromatic carbocycles. The molecule has 1 rings (SSSR count). The van der Waals surface area contributed by atoms with Gasteiger partial charge in [0.15, 0.2) is 0 Å². The Labute approximate surface area is 70.8 Å². The van der Waals surface area contributed by atoms with Crippen LogP contribution in [0.25, 0.3) is 0 Å². The normalized spacial score (nSPS) is 8.50. The number of nitrogens with zero attached hydrogens (tertiary/aromatic N) is 2. The first-order valence-electron chi connectivity index (χ1n) is 3.70. The highest BCUT2D eigenvalue weighted by atomic mass is 16.4. The number of rotatable bonds is 2. The highest BCUT2D eigenvalue weighted by molar-refractivity contribution is 5.66. The van der Waals surface area contributed by atoms with Gasteiger partial charge in [-0.3, -0.25) is 9.89 Å². The van der Waals surface area contributed by atoms with E-state index in [4.69, 9.17) is 5.11 Å². The van der Waals surface area contributed by atoms with Gasteiger partial charge in [-0.05, 0) is 13.3 Å². The fraction of sp³-hybridized carbons (Fsp3) is 0.571. The maximum Gasteiger partial charge on any atom is 0.303 e. The van der Waals surface area contributed by atoms with Gasteiger partial charge < -0.3 is 5.11 Å². The minimum atomic E-state index is -0.711. The minimum absolute atomic E-state index is 0.292. The van der Waals surface area contributed by atoms with Crippen LogP contribution in [0.2, 0.25) is 0 Å². The summed E-state index contributed by atoms with van der Waals surface area (Å²) < 4.78 is 0. The van der Waals surface area contributed by atoms with Crippen LogP contribution in [0, 0.1) is 6.92 Å². The van der Waals surface area contributed by atoms with Crippen LogP contribution >= 0.6 is 0 Å². The number of nitrogens with one attached hydrogen (secondary N) is 1. The lowest BCUT2D eigenvalue weighted by Crippen LogP contribution is -1.90. The topological polar surface area (TPSA) is 78.9 Å². The van der Waals surface area contributed by atoms with E-state index in [0.717, 1.165) is 12.2 Å². The number of hydrogen-bond donors (Lipinski definition) is 2. The molecule has 0 unspecified atom stereocenters. The Kier molecular flexibility index (Phi) is 5.60. The molecule has 2 N–H and O–H groups in total. The second kappa shape index (κ2) is 6.33. The number of carboxylic acids is 1. The molecule has 0 fully saturated rings. The van der Waals surface area contributed by atoms with E-state index in [1.165, 1.54) is 6.33 Å². The van der Waals surface area contributed by atoms with E-state index in [1.54, 1.807) is 0 Å². The van der Waals surface area contributed by atoms with Gasteiger partial charge in [-0.2, -0.15) is 5.10 Å². The van der Waals surface area contributed by atoms with Crippen molar-refractivity contribution in [3.05, 3.63) is 12.2 Å². The van der Waals surface area contributed by atoms with Gasteiger partial charge in [-0.15, -0.1) is 0 Å². The van der Waals surface area contributed by atoms with E-state index in [0.29, 0.717) is 6.42 Å². The Morgan fingerprint density at radius 2 is 2.42 bits per heavy atom. The number of aromatic amines is 1. The Morgan fingerprint density at radius 3 is 2.50 bits per heavy atom. The summed E-state index contributed by atoms with van der Waals surface area (Å²) >= 11 is 0. The molecule has 0 aliphatic rings. The zero-order chi connectivity index (χ0) is 9.40. The van der Waals surface area contributed by atoms with E-state index in [9.17, 15) is 4.79 Å². The average Bonchev–Trinajstić information content (AvgIpc) is 2.40. The molecule has 5 nitrogen and oxygen atoms in total. The van der Waals surface area contributed by atoms with Crippen LogP contribution in [0.1, 0.15) is 25.6 Å². The lowest BCUT2D eigenvalue weighted by molar-refractivity contribution is -0.137. The zero-order valence-corrected chi connectivity index (χ0v) is 7.24. The molecule has 1 aromatic heterocycles. The van der Waals surface area contributed by atoms with Crippen molar-refractivity contribution < 1.29 is 9.90 Å². The molecular weight excluding hydrogens is 158 g/mol. The number of carbonyl (C=O) groups is 1. The molecule has 0 spiro atoms. The standard InChI is InChI=1S/C4H8O2.C3H5N3/c1-2-3-4(5)6;1-3-4-2-5-6-3/h2-3H2,1H3,(H,5,6);2H,1H3,(H,4,5,6). The summed E-state index contributed by atoms with van der Waals surface area (Å²) in [5.41, 5.74) is 0. The Hall–Kier alpha value is -1.39. The molecule has 5 heteroatoms. The quantitative estimate of drug-likeness (QED) is 0.695. The third kappa shape index (κ3) is 6.73. The van der Waals surface area contributed by atoms with E-state index in [1.807, 2.05) is 13.8 Å². The predicted molar refractivity (Wildman–Crippen MR) is 43.7 cm³/mol. The van der Waals surface area contributed by atoms with Crippen molar-refractivity contribution in [3.8, 4) is 0 Å². The van der Waals surface area contributed by atoms with Gasteiger partial charge in [0.05, 0.1) is 0 Å². The first-order chi connectivity index (χ1) is 5.66. The molecule has 0 atom stereocenters. The summed E-state index contributed by atoms with van der Waals surface area (Å²) in [6.45, 7) is 3.70. The summed E-state index contributed by atoms with van der Waals surface area (Å²) in [5.74, 6) is 0.146. The first-order valence-corrected chi connectivity index (χ1v) is 3.70. The van der Waals surface area contributed by atoms with Crippen molar-refractivity contribution in [2.75, 3.05) is 0 Å². The fourth-order valence-electron chi connectivity index (χ4n) is 0.480. The number of aliphatic carboxylic acids is 1. The van der Waals surface area contributed by atoms with Gasteiger partial charge in [0, 0.05) is 6.42 Å². The third-order valence-corrected chi connectivity index (χ3v) is 0.999. The van der Waals surface area contributed by atoms with E-state index >= 15 is 0 Å². The van der Waals surface area contributed by atoms with Crippen LogP contribution in [-0.2, 0) is 4.79 Å². The van der Waals surface area contributed by atoms with Gasteiger partial charge in [0.1, 0.15) is 12.2 Å². The van der Waals surface area contributed by atoms with Crippen molar-refractivity contribution in [2.24, 2.45) is 0 Å². The predicted octanol–water partition coefficient (Wildman–Crippen LogP) is 0.984. The Bertz CT molecular complexity index is 208. The average molecular weight is 171 g/mol. The monoisotopic (exact) mass is 171 g/mol. The number of aromatic nitrogens is 3. The van der Waals surface area contributed by atoms with E-state index < -0.39 is 5.97 Å². The second-order valence-electron chi connectivity index (χ2n) is 2.21. The molecule has 1 aromatic rings. The van der Waals surface area contributed by atoms with Crippen LogP contribution < -0.4 is 0 Å². The maximum absolute atomic E-state index is 9.60. The fourth-order valence-corrected chi connectivity index (χ4v) is 0.480. The van der Waals surface area contributed by atoms with Crippen molar-refractivity contribution in [2.45, 2.75) is 26.7 Å². The van der Waals surface area contributed by atoms with Crippen LogP contribution in [0.3, 0.4) is 0 Å². The lowest BCUT2D eigenvalue weighted by Gasteiger charge is -1.79. The maximum atomic E-state index is 9.60. The van der Waals surface area contributed by atoms with Crippen molar-refractivity contribution >= 4 is 5.97 Å².